The van der Waals surface area contributed by atoms with Crippen LogP contribution in [0.1, 0.15) is 28.3 Å². The van der Waals surface area contributed by atoms with Crippen molar-refractivity contribution in [3.8, 4) is 0 Å². The number of fused-ring (bicyclic) bond motifs is 1. The molecule has 0 fully saturated rings. The minimum atomic E-state index is -0.662. The van der Waals surface area contributed by atoms with E-state index in [0.29, 0.717) is 11.0 Å². The average Bonchev–Trinajstić information content (AvgIpc) is 2.47. The highest BCUT2D eigenvalue weighted by Gasteiger charge is 2.12. The number of aryl methyl sites for hydroxylation is 2. The van der Waals surface area contributed by atoms with Crippen molar-refractivity contribution < 1.29 is 0 Å². The fourth-order valence-electron chi connectivity index (χ4n) is 2.68. The molecular formula is C17H17N3O2. The summed E-state index contributed by atoms with van der Waals surface area (Å²) >= 11 is 0. The number of benzene rings is 2. The highest BCUT2D eigenvalue weighted by atomic mass is 16.2. The van der Waals surface area contributed by atoms with Gasteiger partial charge in [0.1, 0.15) is 0 Å². The largest absolute Gasteiger partial charge is 0.320 e. The van der Waals surface area contributed by atoms with Gasteiger partial charge in [0.25, 0.3) is 0 Å². The van der Waals surface area contributed by atoms with Crippen LogP contribution >= 0.6 is 0 Å². The molecule has 112 valence electrons. The van der Waals surface area contributed by atoms with E-state index in [9.17, 15) is 9.59 Å². The van der Waals surface area contributed by atoms with E-state index in [1.807, 2.05) is 32.0 Å². The zero-order valence-electron chi connectivity index (χ0n) is 12.4. The van der Waals surface area contributed by atoms with Crippen molar-refractivity contribution in [2.75, 3.05) is 0 Å². The van der Waals surface area contributed by atoms with E-state index in [-0.39, 0.29) is 6.04 Å². The van der Waals surface area contributed by atoms with Crippen molar-refractivity contribution in [1.82, 2.24) is 9.97 Å². The normalized spacial score (nSPS) is 12.5. The first-order valence-electron chi connectivity index (χ1n) is 7.04. The summed E-state index contributed by atoms with van der Waals surface area (Å²) in [6.45, 7) is 4.07. The average molecular weight is 295 g/mol. The van der Waals surface area contributed by atoms with E-state index >= 15 is 0 Å². The van der Waals surface area contributed by atoms with Gasteiger partial charge in [-0.05, 0) is 42.7 Å². The maximum absolute atomic E-state index is 11.4. The van der Waals surface area contributed by atoms with E-state index in [0.717, 1.165) is 16.7 Å². The fraction of sp³-hybridized carbons (Fsp3) is 0.176. The lowest BCUT2D eigenvalue weighted by molar-refractivity contribution is 0.861. The molecule has 0 amide bonds. The van der Waals surface area contributed by atoms with Crippen molar-refractivity contribution >= 4 is 11.0 Å². The summed E-state index contributed by atoms with van der Waals surface area (Å²) in [7, 11) is 0. The van der Waals surface area contributed by atoms with E-state index < -0.39 is 11.1 Å². The summed E-state index contributed by atoms with van der Waals surface area (Å²) in [5, 5.41) is 0. The fourth-order valence-corrected chi connectivity index (χ4v) is 2.68. The van der Waals surface area contributed by atoms with Crippen LogP contribution in [0, 0.1) is 13.8 Å². The predicted molar refractivity (Wildman–Crippen MR) is 87.1 cm³/mol. The maximum atomic E-state index is 11.4. The molecule has 22 heavy (non-hydrogen) atoms. The first-order chi connectivity index (χ1) is 10.5. The number of hydrogen-bond acceptors (Lipinski definition) is 3. The zero-order chi connectivity index (χ0) is 15.9. The number of aromatic amines is 2. The Labute approximate surface area is 126 Å². The van der Waals surface area contributed by atoms with Crippen LogP contribution in [-0.4, -0.2) is 9.97 Å². The van der Waals surface area contributed by atoms with Crippen LogP contribution in [-0.2, 0) is 0 Å². The van der Waals surface area contributed by atoms with Gasteiger partial charge in [-0.2, -0.15) is 0 Å². The number of nitrogens with two attached hydrogens (primary N) is 1. The molecule has 0 saturated carbocycles. The van der Waals surface area contributed by atoms with Crippen molar-refractivity contribution in [2.45, 2.75) is 19.9 Å². The number of aromatic nitrogens is 2. The smallest absolute Gasteiger partial charge is 0.314 e. The van der Waals surface area contributed by atoms with Crippen LogP contribution in [0.25, 0.3) is 11.0 Å². The first-order valence-corrected chi connectivity index (χ1v) is 7.04. The number of hydrogen-bond donors (Lipinski definition) is 3. The van der Waals surface area contributed by atoms with Crippen molar-refractivity contribution in [3.63, 3.8) is 0 Å². The molecule has 2 aromatic carbocycles. The molecule has 5 heteroatoms. The highest BCUT2D eigenvalue weighted by Crippen LogP contribution is 2.24. The Balaban J connectivity index is 2.11. The Morgan fingerprint density at radius 1 is 0.909 bits per heavy atom. The van der Waals surface area contributed by atoms with Crippen LogP contribution in [0.4, 0.5) is 0 Å². The van der Waals surface area contributed by atoms with E-state index in [1.54, 1.807) is 12.1 Å². The minimum absolute atomic E-state index is 0.291. The topological polar surface area (TPSA) is 91.7 Å². The SMILES string of the molecule is Cc1ccc(C(N)c2ccc3[nH]c(=O)c(=O)[nH]c3c2)c(C)c1. The predicted octanol–water partition coefficient (Wildman–Crippen LogP) is 1.88. The van der Waals surface area contributed by atoms with Crippen molar-refractivity contribution in [2.24, 2.45) is 5.73 Å². The molecule has 1 atom stereocenters. The molecular weight excluding hydrogens is 278 g/mol. The van der Waals surface area contributed by atoms with Gasteiger partial charge in [0.2, 0.25) is 0 Å². The Kier molecular flexibility index (Phi) is 3.42. The molecule has 0 saturated heterocycles. The number of nitrogens with one attached hydrogen (secondary N) is 2. The molecule has 0 aliphatic rings. The van der Waals surface area contributed by atoms with Gasteiger partial charge in [0.05, 0.1) is 17.1 Å². The molecule has 1 aromatic heterocycles. The summed E-state index contributed by atoms with van der Waals surface area (Å²) in [6, 6.07) is 11.3. The second-order valence-electron chi connectivity index (χ2n) is 5.55. The highest BCUT2D eigenvalue weighted by molar-refractivity contribution is 5.74. The van der Waals surface area contributed by atoms with E-state index in [2.05, 4.69) is 16.0 Å². The van der Waals surface area contributed by atoms with Gasteiger partial charge in [0.15, 0.2) is 0 Å². The quantitative estimate of drug-likeness (QED) is 0.630. The molecule has 5 nitrogen and oxygen atoms in total. The number of rotatable bonds is 2. The molecule has 3 aromatic rings. The molecule has 4 N–H and O–H groups in total. The Morgan fingerprint density at radius 3 is 2.27 bits per heavy atom. The summed E-state index contributed by atoms with van der Waals surface area (Å²) in [6.07, 6.45) is 0. The summed E-state index contributed by atoms with van der Waals surface area (Å²) in [5.41, 5.74) is 10.4. The van der Waals surface area contributed by atoms with Crippen molar-refractivity contribution in [3.05, 3.63) is 79.4 Å². The van der Waals surface area contributed by atoms with Gasteiger partial charge in [-0.25, -0.2) is 0 Å². The van der Waals surface area contributed by atoms with E-state index in [4.69, 9.17) is 5.73 Å². The van der Waals surface area contributed by atoms with Gasteiger partial charge in [-0.3, -0.25) is 9.59 Å². The minimum Gasteiger partial charge on any atom is -0.320 e. The lowest BCUT2D eigenvalue weighted by Gasteiger charge is -2.16. The molecule has 0 aliphatic carbocycles. The van der Waals surface area contributed by atoms with Gasteiger partial charge < -0.3 is 15.7 Å². The van der Waals surface area contributed by atoms with Crippen molar-refractivity contribution in [1.29, 1.82) is 0 Å². The summed E-state index contributed by atoms with van der Waals surface area (Å²) < 4.78 is 0. The first kappa shape index (κ1) is 14.3. The third kappa shape index (κ3) is 2.46. The monoisotopic (exact) mass is 295 g/mol. The van der Waals surface area contributed by atoms with Crippen LogP contribution in [0.15, 0.2) is 46.0 Å². The molecule has 1 heterocycles. The van der Waals surface area contributed by atoms with Gasteiger partial charge in [0, 0.05) is 0 Å². The standard InChI is InChI=1S/C17H17N3O2/c1-9-3-5-12(10(2)7-9)15(18)11-4-6-13-14(8-11)20-17(22)16(21)19-13/h3-8,15H,18H2,1-2H3,(H,19,21)(H,20,22). The van der Waals surface area contributed by atoms with Gasteiger partial charge >= 0.3 is 11.1 Å². The maximum Gasteiger partial charge on any atom is 0.314 e. The second kappa shape index (κ2) is 5.27. The Morgan fingerprint density at radius 2 is 1.59 bits per heavy atom. The third-order valence-corrected chi connectivity index (χ3v) is 3.87. The third-order valence-electron chi connectivity index (χ3n) is 3.87. The summed E-state index contributed by atoms with van der Waals surface area (Å²) in [5.74, 6) is 0. The van der Waals surface area contributed by atoms with Gasteiger partial charge in [-0.15, -0.1) is 0 Å². The molecule has 1 unspecified atom stereocenters. The van der Waals surface area contributed by atoms with E-state index in [1.165, 1.54) is 5.56 Å². The van der Waals surface area contributed by atoms with Crippen LogP contribution in [0.3, 0.4) is 0 Å². The zero-order valence-corrected chi connectivity index (χ0v) is 12.4. The molecule has 0 spiro atoms. The Bertz CT molecular complexity index is 970. The van der Waals surface area contributed by atoms with Gasteiger partial charge in [-0.1, -0.05) is 29.8 Å². The lowest BCUT2D eigenvalue weighted by atomic mass is 9.94. The molecule has 0 radical (unpaired) electrons. The van der Waals surface area contributed by atoms with Crippen LogP contribution < -0.4 is 16.9 Å². The lowest BCUT2D eigenvalue weighted by Crippen LogP contribution is -2.29. The summed E-state index contributed by atoms with van der Waals surface area (Å²) in [4.78, 5) is 27.9. The number of H-pyrrole nitrogens is 2. The molecule has 0 aliphatic heterocycles. The molecule has 3 rings (SSSR count). The van der Waals surface area contributed by atoms with Crippen LogP contribution in [0.5, 0.6) is 0 Å². The van der Waals surface area contributed by atoms with Crippen LogP contribution in [0.2, 0.25) is 0 Å². The Hall–Kier alpha value is -2.66. The second-order valence-corrected chi connectivity index (χ2v) is 5.55. The molecule has 0 bridgehead atoms.